The lowest BCUT2D eigenvalue weighted by Gasteiger charge is -2.36. The Labute approximate surface area is 145 Å². The van der Waals surface area contributed by atoms with Gasteiger partial charge in [0.05, 0.1) is 13.2 Å². The van der Waals surface area contributed by atoms with Crippen LogP contribution < -0.4 is 4.90 Å². The van der Waals surface area contributed by atoms with Gasteiger partial charge in [0, 0.05) is 37.5 Å². The Balaban J connectivity index is 1.47. The maximum Gasteiger partial charge on any atom is 0.225 e. The summed E-state index contributed by atoms with van der Waals surface area (Å²) < 4.78 is 19.3. The molecule has 0 radical (unpaired) electrons. The molecular formula is C18H21FN4O2. The molecule has 1 aromatic heterocycles. The van der Waals surface area contributed by atoms with E-state index >= 15 is 0 Å². The summed E-state index contributed by atoms with van der Waals surface area (Å²) >= 11 is 0. The second-order valence-electron chi connectivity index (χ2n) is 6.53. The maximum atomic E-state index is 13.9. The summed E-state index contributed by atoms with van der Waals surface area (Å²) in [5.74, 6) is 0.709. The molecule has 0 spiro atoms. The van der Waals surface area contributed by atoms with E-state index in [4.69, 9.17) is 4.74 Å². The molecular weight excluding hydrogens is 323 g/mol. The normalized spacial score (nSPS) is 19.4. The molecule has 25 heavy (non-hydrogen) atoms. The van der Waals surface area contributed by atoms with Crippen molar-refractivity contribution in [2.75, 3.05) is 44.3 Å². The summed E-state index contributed by atoms with van der Waals surface area (Å²) in [6, 6.07) is 4.93. The monoisotopic (exact) mass is 344 g/mol. The van der Waals surface area contributed by atoms with Crippen LogP contribution >= 0.6 is 0 Å². The first-order valence-corrected chi connectivity index (χ1v) is 8.75. The Morgan fingerprint density at radius 1 is 1.12 bits per heavy atom. The summed E-state index contributed by atoms with van der Waals surface area (Å²) in [6.07, 6.45) is 2.99. The number of benzene rings is 1. The predicted molar refractivity (Wildman–Crippen MR) is 91.8 cm³/mol. The van der Waals surface area contributed by atoms with E-state index in [0.717, 1.165) is 37.1 Å². The molecule has 2 saturated heterocycles. The highest BCUT2D eigenvalue weighted by molar-refractivity contribution is 5.89. The van der Waals surface area contributed by atoms with Crippen molar-refractivity contribution < 1.29 is 13.9 Å². The minimum absolute atomic E-state index is 0.0548. The molecule has 2 aliphatic rings. The predicted octanol–water partition coefficient (Wildman–Crippen LogP) is 1.84. The Kier molecular flexibility index (Phi) is 4.48. The molecule has 1 amide bonds. The molecule has 0 N–H and O–H groups in total. The number of morpholine rings is 1. The van der Waals surface area contributed by atoms with Gasteiger partial charge in [0.2, 0.25) is 5.91 Å². The third-order valence-electron chi connectivity index (χ3n) is 5.06. The average Bonchev–Trinajstić information content (AvgIpc) is 2.68. The first kappa shape index (κ1) is 16.2. The highest BCUT2D eigenvalue weighted by Gasteiger charge is 2.30. The van der Waals surface area contributed by atoms with Gasteiger partial charge in [0.15, 0.2) is 0 Å². The summed E-state index contributed by atoms with van der Waals surface area (Å²) in [4.78, 5) is 25.1. The number of carbonyl (C=O) groups excluding carboxylic acids is 1. The minimum atomic E-state index is -0.335. The maximum absolute atomic E-state index is 13.9. The van der Waals surface area contributed by atoms with Crippen molar-refractivity contribution in [3.8, 4) is 0 Å². The van der Waals surface area contributed by atoms with E-state index in [9.17, 15) is 9.18 Å². The lowest BCUT2D eigenvalue weighted by molar-refractivity contribution is -0.140. The van der Waals surface area contributed by atoms with Crippen molar-refractivity contribution in [2.45, 2.75) is 12.8 Å². The molecule has 2 aliphatic heterocycles. The van der Waals surface area contributed by atoms with Crippen LogP contribution in [-0.2, 0) is 9.53 Å². The van der Waals surface area contributed by atoms with E-state index in [-0.39, 0.29) is 17.6 Å². The lowest BCUT2D eigenvalue weighted by Crippen LogP contribution is -2.47. The van der Waals surface area contributed by atoms with Crippen molar-refractivity contribution in [3.63, 3.8) is 0 Å². The van der Waals surface area contributed by atoms with Crippen molar-refractivity contribution in [2.24, 2.45) is 5.92 Å². The molecule has 0 saturated carbocycles. The summed E-state index contributed by atoms with van der Waals surface area (Å²) in [7, 11) is 0. The van der Waals surface area contributed by atoms with Crippen LogP contribution in [0.1, 0.15) is 12.8 Å². The number of para-hydroxylation sites is 1. The number of halogens is 1. The minimum Gasteiger partial charge on any atom is -0.378 e. The Morgan fingerprint density at radius 2 is 1.88 bits per heavy atom. The van der Waals surface area contributed by atoms with Crippen LogP contribution in [0.5, 0.6) is 0 Å². The standard InChI is InChI=1S/C18H21FN4O2/c19-15-3-1-2-14-16(15)20-12-21-17(14)22-6-4-13(5-7-22)18(24)23-8-10-25-11-9-23/h1-3,12-13H,4-11H2. The number of aromatic nitrogens is 2. The van der Waals surface area contributed by atoms with Gasteiger partial charge in [-0.15, -0.1) is 0 Å². The van der Waals surface area contributed by atoms with Gasteiger partial charge in [-0.2, -0.15) is 0 Å². The van der Waals surface area contributed by atoms with Crippen molar-refractivity contribution in [3.05, 3.63) is 30.3 Å². The topological polar surface area (TPSA) is 58.6 Å². The van der Waals surface area contributed by atoms with Gasteiger partial charge in [-0.3, -0.25) is 4.79 Å². The molecule has 7 heteroatoms. The quantitative estimate of drug-likeness (QED) is 0.832. The number of ether oxygens (including phenoxy) is 1. The lowest BCUT2D eigenvalue weighted by atomic mass is 9.95. The fraction of sp³-hybridized carbons (Fsp3) is 0.500. The zero-order chi connectivity index (χ0) is 17.2. The highest BCUT2D eigenvalue weighted by Crippen LogP contribution is 2.29. The van der Waals surface area contributed by atoms with E-state index in [1.165, 1.54) is 12.4 Å². The molecule has 6 nitrogen and oxygen atoms in total. The largest absolute Gasteiger partial charge is 0.378 e. The number of hydrogen-bond donors (Lipinski definition) is 0. The van der Waals surface area contributed by atoms with Crippen molar-refractivity contribution in [1.82, 2.24) is 14.9 Å². The molecule has 0 unspecified atom stereocenters. The van der Waals surface area contributed by atoms with Gasteiger partial charge in [0.25, 0.3) is 0 Å². The summed E-state index contributed by atoms with van der Waals surface area (Å²) in [6.45, 7) is 4.11. The van der Waals surface area contributed by atoms with Crippen LogP contribution in [0.15, 0.2) is 24.5 Å². The van der Waals surface area contributed by atoms with Crippen molar-refractivity contribution in [1.29, 1.82) is 0 Å². The van der Waals surface area contributed by atoms with Gasteiger partial charge in [0.1, 0.15) is 23.5 Å². The third kappa shape index (κ3) is 3.16. The van der Waals surface area contributed by atoms with Gasteiger partial charge in [-0.1, -0.05) is 6.07 Å². The highest BCUT2D eigenvalue weighted by atomic mass is 19.1. The van der Waals surface area contributed by atoms with Crippen molar-refractivity contribution >= 4 is 22.6 Å². The number of amides is 1. The molecule has 0 aliphatic carbocycles. The van der Waals surface area contributed by atoms with Crippen LogP contribution in [0, 0.1) is 11.7 Å². The van der Waals surface area contributed by atoms with E-state index in [1.807, 2.05) is 11.0 Å². The number of rotatable bonds is 2. The number of nitrogens with zero attached hydrogens (tertiary/aromatic N) is 4. The second-order valence-corrected chi connectivity index (χ2v) is 6.53. The first-order valence-electron chi connectivity index (χ1n) is 8.75. The van der Waals surface area contributed by atoms with Crippen LogP contribution in [0.4, 0.5) is 10.2 Å². The Bertz CT molecular complexity index is 771. The molecule has 2 aromatic rings. The number of carbonyl (C=O) groups is 1. The Morgan fingerprint density at radius 3 is 2.64 bits per heavy atom. The van der Waals surface area contributed by atoms with Crippen LogP contribution in [0.2, 0.25) is 0 Å². The summed E-state index contributed by atoms with van der Waals surface area (Å²) in [5, 5.41) is 0.723. The smallest absolute Gasteiger partial charge is 0.225 e. The van der Waals surface area contributed by atoms with Gasteiger partial charge in [-0.05, 0) is 25.0 Å². The zero-order valence-electron chi connectivity index (χ0n) is 14.0. The van der Waals surface area contributed by atoms with Crippen LogP contribution in [-0.4, -0.2) is 60.2 Å². The molecule has 132 valence electrons. The van der Waals surface area contributed by atoms with Gasteiger partial charge >= 0.3 is 0 Å². The molecule has 2 fully saturated rings. The molecule has 4 rings (SSSR count). The Hall–Kier alpha value is -2.28. The average molecular weight is 344 g/mol. The third-order valence-corrected chi connectivity index (χ3v) is 5.06. The van der Waals surface area contributed by atoms with E-state index in [1.54, 1.807) is 6.07 Å². The number of piperidine rings is 1. The molecule has 0 atom stereocenters. The van der Waals surface area contributed by atoms with Crippen LogP contribution in [0.3, 0.4) is 0 Å². The van der Waals surface area contributed by atoms with E-state index < -0.39 is 0 Å². The fourth-order valence-corrected chi connectivity index (χ4v) is 3.67. The number of anilines is 1. The fourth-order valence-electron chi connectivity index (χ4n) is 3.67. The first-order chi connectivity index (χ1) is 12.2. The van der Waals surface area contributed by atoms with Gasteiger partial charge < -0.3 is 14.5 Å². The van der Waals surface area contributed by atoms with E-state index in [0.29, 0.717) is 31.8 Å². The SMILES string of the molecule is O=C(C1CCN(c2ncnc3c(F)cccc23)CC1)N1CCOCC1. The number of hydrogen-bond acceptors (Lipinski definition) is 5. The zero-order valence-corrected chi connectivity index (χ0v) is 14.0. The second kappa shape index (κ2) is 6.92. The molecule has 3 heterocycles. The van der Waals surface area contributed by atoms with Crippen LogP contribution in [0.25, 0.3) is 10.9 Å². The van der Waals surface area contributed by atoms with Gasteiger partial charge in [-0.25, -0.2) is 14.4 Å². The molecule has 1 aromatic carbocycles. The van der Waals surface area contributed by atoms with E-state index in [2.05, 4.69) is 14.9 Å². The number of fused-ring (bicyclic) bond motifs is 1. The summed E-state index contributed by atoms with van der Waals surface area (Å²) in [5.41, 5.74) is 0.346. The molecule has 0 bridgehead atoms.